The van der Waals surface area contributed by atoms with Crippen LogP contribution in [-0.2, 0) is 0 Å². The molecule has 6 rings (SSSR count). The van der Waals surface area contributed by atoms with E-state index in [1.165, 1.54) is 0 Å². The average Bonchev–Trinajstić information content (AvgIpc) is 3.39. The smallest absolute Gasteiger partial charge is 0.258 e. The first-order valence-corrected chi connectivity index (χ1v) is 8.39. The van der Waals surface area contributed by atoms with Gasteiger partial charge in [0.2, 0.25) is 11.9 Å². The fourth-order valence-electron chi connectivity index (χ4n) is 2.98. The number of aromatic amines is 1. The number of aromatic nitrogens is 9. The molecule has 10 heteroatoms. The first-order chi connectivity index (χ1) is 13.8. The van der Waals surface area contributed by atoms with Crippen LogP contribution in [0.3, 0.4) is 0 Å². The Morgan fingerprint density at radius 3 is 2.71 bits per heavy atom. The van der Waals surface area contributed by atoms with Crippen LogP contribution in [0, 0.1) is 0 Å². The third kappa shape index (κ3) is 2.28. The summed E-state index contributed by atoms with van der Waals surface area (Å²) in [6.45, 7) is 0. The van der Waals surface area contributed by atoms with E-state index in [4.69, 9.17) is 4.42 Å². The van der Waals surface area contributed by atoms with Crippen molar-refractivity contribution in [3.8, 4) is 17.1 Å². The Morgan fingerprint density at radius 2 is 1.75 bits per heavy atom. The zero-order valence-corrected chi connectivity index (χ0v) is 14.2. The molecule has 28 heavy (non-hydrogen) atoms. The first kappa shape index (κ1) is 14.8. The van der Waals surface area contributed by atoms with Crippen molar-refractivity contribution in [1.29, 1.82) is 0 Å². The average molecular weight is 368 g/mol. The van der Waals surface area contributed by atoms with Crippen molar-refractivity contribution >= 4 is 33.3 Å². The molecule has 6 aromatic heterocycles. The van der Waals surface area contributed by atoms with Crippen LogP contribution in [0.5, 0.6) is 0 Å². The SMILES string of the molecule is c1cnc2oc(-c3cnc4cn[n+](-c5cnc6cn[nH]c6c5)cc4n3)cc2n1. The lowest BCUT2D eigenvalue weighted by Crippen LogP contribution is -2.34. The van der Waals surface area contributed by atoms with E-state index in [0.717, 1.165) is 16.7 Å². The maximum atomic E-state index is 5.74. The van der Waals surface area contributed by atoms with Gasteiger partial charge in [0.05, 0.1) is 17.9 Å². The summed E-state index contributed by atoms with van der Waals surface area (Å²) in [4.78, 5) is 21.9. The quantitative estimate of drug-likeness (QED) is 0.459. The van der Waals surface area contributed by atoms with Gasteiger partial charge in [-0.15, -0.1) is 0 Å². The number of nitrogens with zero attached hydrogens (tertiary/aromatic N) is 8. The van der Waals surface area contributed by atoms with Gasteiger partial charge in [-0.25, -0.2) is 19.9 Å². The highest BCUT2D eigenvalue weighted by Crippen LogP contribution is 2.24. The van der Waals surface area contributed by atoms with Crippen molar-refractivity contribution < 1.29 is 9.10 Å². The number of fused-ring (bicyclic) bond motifs is 3. The van der Waals surface area contributed by atoms with Crippen molar-refractivity contribution in [2.75, 3.05) is 0 Å². The summed E-state index contributed by atoms with van der Waals surface area (Å²) in [5.74, 6) is 0.555. The molecule has 0 aliphatic carbocycles. The summed E-state index contributed by atoms with van der Waals surface area (Å²) < 4.78 is 7.43. The van der Waals surface area contributed by atoms with Crippen molar-refractivity contribution in [1.82, 2.24) is 40.2 Å². The largest absolute Gasteiger partial charge is 0.435 e. The van der Waals surface area contributed by atoms with Gasteiger partial charge in [-0.3, -0.25) is 10.1 Å². The molecule has 0 aliphatic rings. The lowest BCUT2D eigenvalue weighted by molar-refractivity contribution is -0.658. The Hall–Kier alpha value is -4.34. The van der Waals surface area contributed by atoms with E-state index in [9.17, 15) is 0 Å². The predicted molar refractivity (Wildman–Crippen MR) is 97.1 cm³/mol. The number of pyridine rings is 1. The molecule has 0 aliphatic heterocycles. The molecule has 0 unspecified atom stereocenters. The van der Waals surface area contributed by atoms with Gasteiger partial charge < -0.3 is 4.42 Å². The van der Waals surface area contributed by atoms with E-state index < -0.39 is 0 Å². The maximum absolute atomic E-state index is 5.74. The molecule has 1 N–H and O–H groups in total. The highest BCUT2D eigenvalue weighted by Gasteiger charge is 2.15. The summed E-state index contributed by atoms with van der Waals surface area (Å²) in [5, 5.41) is 11.3. The van der Waals surface area contributed by atoms with Gasteiger partial charge in [0.1, 0.15) is 34.6 Å². The van der Waals surface area contributed by atoms with Crippen LogP contribution in [-0.4, -0.2) is 40.2 Å². The van der Waals surface area contributed by atoms with E-state index in [-0.39, 0.29) is 0 Å². The van der Waals surface area contributed by atoms with Crippen molar-refractivity contribution in [3.63, 3.8) is 0 Å². The standard InChI is InChI=1S/C18H10N9O/c1-2-20-18-12(19-1)4-17(28-18)15-6-22-14-8-24-27(9-16(14)25-15)10-3-11-13(21-5-10)7-23-26-11/h1-9H,(H,23,26)/q+1. The van der Waals surface area contributed by atoms with Gasteiger partial charge in [0.25, 0.3) is 5.69 Å². The van der Waals surface area contributed by atoms with E-state index in [0.29, 0.717) is 33.7 Å². The fraction of sp³-hybridized carbons (Fsp3) is 0. The first-order valence-electron chi connectivity index (χ1n) is 8.39. The van der Waals surface area contributed by atoms with Crippen LogP contribution in [0.15, 0.2) is 59.9 Å². The Labute approximate surface area is 155 Å². The number of hydrogen-bond donors (Lipinski definition) is 1. The van der Waals surface area contributed by atoms with Gasteiger partial charge in [-0.1, -0.05) is 0 Å². The molecule has 0 spiro atoms. The van der Waals surface area contributed by atoms with Crippen LogP contribution in [0.4, 0.5) is 0 Å². The maximum Gasteiger partial charge on any atom is 0.258 e. The van der Waals surface area contributed by atoms with Crippen molar-refractivity contribution in [3.05, 3.63) is 55.5 Å². The minimum Gasteiger partial charge on any atom is -0.435 e. The lowest BCUT2D eigenvalue weighted by Gasteiger charge is -1.99. The van der Waals surface area contributed by atoms with E-state index in [2.05, 4.69) is 40.2 Å². The number of hydrogen-bond acceptors (Lipinski definition) is 8. The second kappa shape index (κ2) is 5.58. The Bertz CT molecular complexity index is 1420. The normalized spacial score (nSPS) is 11.6. The molecule has 0 bridgehead atoms. The summed E-state index contributed by atoms with van der Waals surface area (Å²) in [6.07, 6.45) is 11.7. The van der Waals surface area contributed by atoms with Crippen LogP contribution >= 0.6 is 0 Å². The molecule has 0 radical (unpaired) electrons. The second-order valence-electron chi connectivity index (χ2n) is 6.10. The monoisotopic (exact) mass is 368 g/mol. The predicted octanol–water partition coefficient (Wildman–Crippen LogP) is 1.78. The number of H-pyrrole nitrogens is 1. The number of nitrogens with one attached hydrogen (secondary N) is 1. The van der Waals surface area contributed by atoms with Gasteiger partial charge >= 0.3 is 0 Å². The molecule has 6 aromatic rings. The zero-order chi connectivity index (χ0) is 18.5. The number of furan rings is 1. The Kier molecular flexibility index (Phi) is 2.95. The molecule has 132 valence electrons. The van der Waals surface area contributed by atoms with E-state index in [1.807, 2.05) is 6.07 Å². The van der Waals surface area contributed by atoms with E-state index >= 15 is 0 Å². The molecule has 0 atom stereocenters. The van der Waals surface area contributed by atoms with Crippen LogP contribution in [0.1, 0.15) is 0 Å². The van der Waals surface area contributed by atoms with Crippen molar-refractivity contribution in [2.45, 2.75) is 0 Å². The summed E-state index contributed by atoms with van der Waals surface area (Å²) in [5.41, 5.74) is 5.45. The Balaban J connectivity index is 1.48. The minimum absolute atomic E-state index is 0.461. The molecule has 10 nitrogen and oxygen atoms in total. The molecule has 0 saturated carbocycles. The summed E-state index contributed by atoms with van der Waals surface area (Å²) in [6, 6.07) is 3.71. The topological polar surface area (TPSA) is 123 Å². The number of rotatable bonds is 2. The third-order valence-electron chi connectivity index (χ3n) is 4.34. The molecular weight excluding hydrogens is 358 g/mol. The Morgan fingerprint density at radius 1 is 0.821 bits per heavy atom. The summed E-state index contributed by atoms with van der Waals surface area (Å²) >= 11 is 0. The molecule has 0 aromatic carbocycles. The van der Waals surface area contributed by atoms with Gasteiger partial charge in [-0.2, -0.15) is 5.10 Å². The zero-order valence-electron chi connectivity index (χ0n) is 14.2. The molecule has 6 heterocycles. The fourth-order valence-corrected chi connectivity index (χ4v) is 2.98. The highest BCUT2D eigenvalue weighted by molar-refractivity contribution is 5.78. The van der Waals surface area contributed by atoms with Crippen LogP contribution < -0.4 is 4.68 Å². The molecule has 0 saturated heterocycles. The van der Waals surface area contributed by atoms with Gasteiger partial charge in [0, 0.05) is 29.6 Å². The lowest BCUT2D eigenvalue weighted by atomic mass is 10.3. The van der Waals surface area contributed by atoms with Crippen LogP contribution in [0.25, 0.3) is 50.4 Å². The summed E-state index contributed by atoms with van der Waals surface area (Å²) in [7, 11) is 0. The minimum atomic E-state index is 0.461. The second-order valence-corrected chi connectivity index (χ2v) is 6.10. The molecule has 0 amide bonds. The molecular formula is C18H10N9O+. The van der Waals surface area contributed by atoms with Crippen LogP contribution in [0.2, 0.25) is 0 Å². The van der Waals surface area contributed by atoms with Gasteiger partial charge in [-0.05, 0) is 4.68 Å². The van der Waals surface area contributed by atoms with Gasteiger partial charge in [0.15, 0.2) is 11.3 Å². The van der Waals surface area contributed by atoms with Crippen molar-refractivity contribution in [2.24, 2.45) is 0 Å². The van der Waals surface area contributed by atoms with E-state index in [1.54, 1.807) is 54.1 Å². The molecule has 0 fully saturated rings. The third-order valence-corrected chi connectivity index (χ3v) is 4.34. The highest BCUT2D eigenvalue weighted by atomic mass is 16.3.